The summed E-state index contributed by atoms with van der Waals surface area (Å²) in [6, 6.07) is 16.4. The van der Waals surface area contributed by atoms with Gasteiger partial charge in [0.1, 0.15) is 5.75 Å². The zero-order valence-electron chi connectivity index (χ0n) is 17.1. The normalized spacial score (nSPS) is 10.9. The number of halogens is 1. The van der Waals surface area contributed by atoms with Crippen LogP contribution in [0.3, 0.4) is 0 Å². The minimum absolute atomic E-state index is 0. The van der Waals surface area contributed by atoms with Crippen LogP contribution in [-0.2, 0) is 13.1 Å². The summed E-state index contributed by atoms with van der Waals surface area (Å²) in [5.41, 5.74) is 4.46. The summed E-state index contributed by atoms with van der Waals surface area (Å²) in [5, 5.41) is 10.9. The van der Waals surface area contributed by atoms with E-state index in [0.717, 1.165) is 35.1 Å². The number of nitrogens with zero attached hydrogens (tertiary/aromatic N) is 3. The molecule has 3 aromatic rings. The standard InChI is InChI=1S/C22H27N5O.HI/c1-4-23-22(25-16-19-9-6-17(2)14-21(19)28-3)24-15-18-7-10-20(11-8-18)27-13-5-12-26-27;/h5-14H,4,15-16H2,1-3H3,(H2,23,24,25);1H. The highest BCUT2D eigenvalue weighted by molar-refractivity contribution is 14.0. The van der Waals surface area contributed by atoms with Crippen LogP contribution in [0.25, 0.3) is 5.69 Å². The number of rotatable bonds is 7. The molecule has 0 aliphatic rings. The summed E-state index contributed by atoms with van der Waals surface area (Å²) in [6.45, 7) is 6.16. The van der Waals surface area contributed by atoms with Crippen molar-refractivity contribution in [2.75, 3.05) is 13.7 Å². The quantitative estimate of drug-likeness (QED) is 0.289. The Morgan fingerprint density at radius 2 is 1.93 bits per heavy atom. The third-order valence-corrected chi connectivity index (χ3v) is 4.36. The zero-order valence-corrected chi connectivity index (χ0v) is 19.4. The molecular formula is C22H28IN5O. The predicted octanol–water partition coefficient (Wildman–Crippen LogP) is 4.06. The third-order valence-electron chi connectivity index (χ3n) is 4.36. The van der Waals surface area contributed by atoms with Gasteiger partial charge in [0.25, 0.3) is 0 Å². The number of aliphatic imine (C=N–C) groups is 1. The molecule has 1 heterocycles. The minimum atomic E-state index is 0. The van der Waals surface area contributed by atoms with Gasteiger partial charge < -0.3 is 15.4 Å². The van der Waals surface area contributed by atoms with Gasteiger partial charge in [-0.05, 0) is 49.2 Å². The van der Waals surface area contributed by atoms with Crippen LogP contribution in [-0.4, -0.2) is 29.4 Å². The summed E-state index contributed by atoms with van der Waals surface area (Å²) < 4.78 is 7.32. The molecule has 0 radical (unpaired) electrons. The Kier molecular flexibility index (Phi) is 8.98. The second-order valence-corrected chi connectivity index (χ2v) is 6.48. The van der Waals surface area contributed by atoms with Crippen LogP contribution < -0.4 is 15.4 Å². The Labute approximate surface area is 189 Å². The summed E-state index contributed by atoms with van der Waals surface area (Å²) in [4.78, 5) is 4.70. The Morgan fingerprint density at radius 1 is 1.14 bits per heavy atom. The van der Waals surface area contributed by atoms with Crippen molar-refractivity contribution >= 4 is 29.9 Å². The summed E-state index contributed by atoms with van der Waals surface area (Å²) >= 11 is 0. The van der Waals surface area contributed by atoms with E-state index in [1.165, 1.54) is 5.56 Å². The lowest BCUT2D eigenvalue weighted by atomic mass is 10.1. The first-order valence-corrected chi connectivity index (χ1v) is 9.44. The van der Waals surface area contributed by atoms with E-state index in [0.29, 0.717) is 13.1 Å². The second kappa shape index (κ2) is 11.5. The van der Waals surface area contributed by atoms with Crippen LogP contribution in [0.2, 0.25) is 0 Å². The zero-order chi connectivity index (χ0) is 19.8. The number of hydrogen-bond acceptors (Lipinski definition) is 3. The van der Waals surface area contributed by atoms with Crippen molar-refractivity contribution in [1.82, 2.24) is 20.4 Å². The van der Waals surface area contributed by atoms with E-state index in [1.807, 2.05) is 23.0 Å². The Balaban J connectivity index is 0.00000300. The first kappa shape index (κ1) is 22.7. The van der Waals surface area contributed by atoms with Crippen molar-refractivity contribution < 1.29 is 4.74 Å². The average molecular weight is 505 g/mol. The number of ether oxygens (including phenoxy) is 1. The van der Waals surface area contributed by atoms with Crippen LogP contribution in [0.1, 0.15) is 23.6 Å². The highest BCUT2D eigenvalue weighted by Crippen LogP contribution is 2.19. The Morgan fingerprint density at radius 3 is 2.59 bits per heavy atom. The molecular weight excluding hydrogens is 477 g/mol. The smallest absolute Gasteiger partial charge is 0.191 e. The van der Waals surface area contributed by atoms with Crippen LogP contribution in [0.5, 0.6) is 5.75 Å². The van der Waals surface area contributed by atoms with E-state index in [2.05, 4.69) is 66.0 Å². The Hall–Kier alpha value is -2.55. The topological polar surface area (TPSA) is 63.5 Å². The van der Waals surface area contributed by atoms with Gasteiger partial charge in [-0.25, -0.2) is 9.67 Å². The highest BCUT2D eigenvalue weighted by Gasteiger charge is 2.05. The second-order valence-electron chi connectivity index (χ2n) is 6.48. The molecule has 29 heavy (non-hydrogen) atoms. The first-order valence-electron chi connectivity index (χ1n) is 9.44. The summed E-state index contributed by atoms with van der Waals surface area (Å²) in [6.07, 6.45) is 3.70. The molecule has 0 aliphatic carbocycles. The molecule has 0 atom stereocenters. The van der Waals surface area contributed by atoms with Crippen LogP contribution >= 0.6 is 24.0 Å². The number of benzene rings is 2. The largest absolute Gasteiger partial charge is 0.496 e. The van der Waals surface area contributed by atoms with Crippen molar-refractivity contribution in [1.29, 1.82) is 0 Å². The maximum absolute atomic E-state index is 5.48. The molecule has 0 fully saturated rings. The molecule has 3 rings (SSSR count). The van der Waals surface area contributed by atoms with Crippen LogP contribution in [0.4, 0.5) is 0 Å². The molecule has 154 valence electrons. The average Bonchev–Trinajstić information content (AvgIpc) is 3.26. The minimum Gasteiger partial charge on any atom is -0.496 e. The summed E-state index contributed by atoms with van der Waals surface area (Å²) in [5.74, 6) is 1.67. The fraction of sp³-hybridized carbons (Fsp3) is 0.273. The fourth-order valence-electron chi connectivity index (χ4n) is 2.86. The van der Waals surface area contributed by atoms with Crippen LogP contribution in [0, 0.1) is 6.92 Å². The molecule has 0 unspecified atom stereocenters. The van der Waals surface area contributed by atoms with Crippen molar-refractivity contribution in [3.8, 4) is 11.4 Å². The monoisotopic (exact) mass is 505 g/mol. The fourth-order valence-corrected chi connectivity index (χ4v) is 2.86. The molecule has 6 nitrogen and oxygen atoms in total. The van der Waals surface area contributed by atoms with E-state index in [9.17, 15) is 0 Å². The van der Waals surface area contributed by atoms with E-state index in [4.69, 9.17) is 9.73 Å². The lowest BCUT2D eigenvalue weighted by molar-refractivity contribution is 0.408. The van der Waals surface area contributed by atoms with E-state index in [1.54, 1.807) is 13.3 Å². The molecule has 0 spiro atoms. The Bertz CT molecular complexity index is 907. The molecule has 2 aromatic carbocycles. The molecule has 7 heteroatoms. The van der Waals surface area contributed by atoms with Gasteiger partial charge in [0.15, 0.2) is 5.96 Å². The lowest BCUT2D eigenvalue weighted by Crippen LogP contribution is -2.36. The first-order chi connectivity index (χ1) is 13.7. The SMILES string of the molecule is CCNC(=NCc1ccc(-n2cccn2)cc1)NCc1ccc(C)cc1OC.I. The molecule has 1 aromatic heterocycles. The van der Waals surface area contributed by atoms with Gasteiger partial charge >= 0.3 is 0 Å². The van der Waals surface area contributed by atoms with Crippen LogP contribution in [0.15, 0.2) is 65.9 Å². The third kappa shape index (κ3) is 6.49. The van der Waals surface area contributed by atoms with Crippen molar-refractivity contribution in [3.05, 3.63) is 77.6 Å². The van der Waals surface area contributed by atoms with E-state index < -0.39 is 0 Å². The van der Waals surface area contributed by atoms with Gasteiger partial charge in [-0.3, -0.25) is 0 Å². The number of hydrogen-bond donors (Lipinski definition) is 2. The van der Waals surface area contributed by atoms with E-state index >= 15 is 0 Å². The van der Waals surface area contributed by atoms with Crippen molar-refractivity contribution in [2.45, 2.75) is 26.9 Å². The van der Waals surface area contributed by atoms with Gasteiger partial charge in [0, 0.05) is 31.0 Å². The van der Waals surface area contributed by atoms with Gasteiger partial charge in [-0.1, -0.05) is 24.3 Å². The lowest BCUT2D eigenvalue weighted by Gasteiger charge is -2.14. The van der Waals surface area contributed by atoms with Gasteiger partial charge in [-0.15, -0.1) is 24.0 Å². The molecule has 0 saturated carbocycles. The number of aryl methyl sites for hydroxylation is 1. The number of methoxy groups -OCH3 is 1. The molecule has 0 amide bonds. The molecule has 2 N–H and O–H groups in total. The van der Waals surface area contributed by atoms with Crippen molar-refractivity contribution in [2.24, 2.45) is 4.99 Å². The maximum atomic E-state index is 5.48. The molecule has 0 aliphatic heterocycles. The number of aromatic nitrogens is 2. The van der Waals surface area contributed by atoms with E-state index in [-0.39, 0.29) is 24.0 Å². The summed E-state index contributed by atoms with van der Waals surface area (Å²) in [7, 11) is 1.70. The van der Waals surface area contributed by atoms with Gasteiger partial charge in [0.2, 0.25) is 0 Å². The predicted molar refractivity (Wildman–Crippen MR) is 128 cm³/mol. The van der Waals surface area contributed by atoms with Gasteiger partial charge in [0.05, 0.1) is 19.3 Å². The van der Waals surface area contributed by atoms with Gasteiger partial charge in [-0.2, -0.15) is 5.10 Å². The number of guanidine groups is 1. The molecule has 0 saturated heterocycles. The van der Waals surface area contributed by atoms with Crippen molar-refractivity contribution in [3.63, 3.8) is 0 Å². The number of nitrogens with one attached hydrogen (secondary N) is 2. The highest BCUT2D eigenvalue weighted by atomic mass is 127. The molecule has 0 bridgehead atoms. The maximum Gasteiger partial charge on any atom is 0.191 e.